The van der Waals surface area contributed by atoms with Gasteiger partial charge in [0.25, 0.3) is 0 Å². The lowest BCUT2D eigenvalue weighted by Crippen LogP contribution is -2.32. The molecule has 0 aliphatic heterocycles. The molecule has 0 heterocycles. The Kier molecular flexibility index (Phi) is 5.53. The second kappa shape index (κ2) is 6.91. The molecule has 2 unspecified atom stereocenters. The van der Waals surface area contributed by atoms with Gasteiger partial charge in [0, 0.05) is 5.39 Å². The van der Waals surface area contributed by atoms with E-state index in [4.69, 9.17) is 4.74 Å². The SMILES string of the molecule is CC(C(c1cccc2c(OC(C)(C)C)cccc12)C(C)(C)C)C(C)(C)C. The molecule has 0 aromatic heterocycles. The van der Waals surface area contributed by atoms with Gasteiger partial charge in [0.2, 0.25) is 0 Å². The Bertz CT molecular complexity index is 750. The smallest absolute Gasteiger partial charge is 0.127 e. The van der Waals surface area contributed by atoms with Gasteiger partial charge in [-0.15, -0.1) is 0 Å². The highest BCUT2D eigenvalue weighted by atomic mass is 16.5. The Labute approximate surface area is 161 Å². The summed E-state index contributed by atoms with van der Waals surface area (Å²) in [5.41, 5.74) is 1.67. The van der Waals surface area contributed by atoms with Crippen LogP contribution in [0.2, 0.25) is 0 Å². The molecule has 0 bridgehead atoms. The highest BCUT2D eigenvalue weighted by molar-refractivity contribution is 5.91. The van der Waals surface area contributed by atoms with Crippen LogP contribution >= 0.6 is 0 Å². The average Bonchev–Trinajstić information content (AvgIpc) is 2.44. The summed E-state index contributed by atoms with van der Waals surface area (Å²) < 4.78 is 6.26. The molecular weight excluding hydrogens is 316 g/mol. The van der Waals surface area contributed by atoms with Crippen LogP contribution in [0.25, 0.3) is 10.8 Å². The molecule has 2 aromatic carbocycles. The van der Waals surface area contributed by atoms with E-state index in [1.54, 1.807) is 0 Å². The Balaban J connectivity index is 2.69. The van der Waals surface area contributed by atoms with Crippen LogP contribution in [0.1, 0.15) is 80.7 Å². The number of fused-ring (bicyclic) bond motifs is 1. The van der Waals surface area contributed by atoms with Crippen LogP contribution in [0.5, 0.6) is 5.75 Å². The third-order valence-corrected chi connectivity index (χ3v) is 5.47. The van der Waals surface area contributed by atoms with E-state index in [1.165, 1.54) is 16.3 Å². The van der Waals surface area contributed by atoms with Crippen LogP contribution in [-0.2, 0) is 0 Å². The van der Waals surface area contributed by atoms with Crippen molar-refractivity contribution in [3.63, 3.8) is 0 Å². The molecule has 0 N–H and O–H groups in total. The van der Waals surface area contributed by atoms with Gasteiger partial charge in [-0.25, -0.2) is 0 Å². The summed E-state index contributed by atoms with van der Waals surface area (Å²) in [5, 5.41) is 2.54. The van der Waals surface area contributed by atoms with Crippen LogP contribution in [0.15, 0.2) is 36.4 Å². The maximum atomic E-state index is 6.26. The minimum absolute atomic E-state index is 0.182. The van der Waals surface area contributed by atoms with E-state index < -0.39 is 0 Å². The molecule has 2 aromatic rings. The van der Waals surface area contributed by atoms with Crippen LogP contribution in [0, 0.1) is 16.7 Å². The van der Waals surface area contributed by atoms with Crippen LogP contribution in [0.4, 0.5) is 0 Å². The Morgan fingerprint density at radius 1 is 0.692 bits per heavy atom. The van der Waals surface area contributed by atoms with E-state index in [2.05, 4.69) is 106 Å². The zero-order valence-corrected chi connectivity index (χ0v) is 18.5. The first-order valence-corrected chi connectivity index (χ1v) is 9.92. The largest absolute Gasteiger partial charge is 0.488 e. The summed E-state index contributed by atoms with van der Waals surface area (Å²) in [6.45, 7) is 22.9. The fraction of sp³-hybridized carbons (Fsp3) is 0.600. The molecule has 0 saturated heterocycles. The van der Waals surface area contributed by atoms with Gasteiger partial charge in [-0.05, 0) is 60.5 Å². The van der Waals surface area contributed by atoms with Crippen molar-refractivity contribution in [2.24, 2.45) is 16.7 Å². The lowest BCUT2D eigenvalue weighted by molar-refractivity contribution is 0.133. The normalized spacial score (nSPS) is 15.8. The molecule has 0 aliphatic carbocycles. The molecule has 0 saturated carbocycles. The van der Waals surface area contributed by atoms with Crippen molar-refractivity contribution in [3.05, 3.63) is 42.0 Å². The Morgan fingerprint density at radius 2 is 1.23 bits per heavy atom. The van der Waals surface area contributed by atoms with E-state index in [-0.39, 0.29) is 16.4 Å². The summed E-state index contributed by atoms with van der Waals surface area (Å²) in [5.74, 6) is 2.00. The lowest BCUT2D eigenvalue weighted by Gasteiger charge is -2.43. The fourth-order valence-corrected chi connectivity index (χ4v) is 3.98. The maximum absolute atomic E-state index is 6.26. The second-order valence-corrected chi connectivity index (χ2v) is 10.9. The topological polar surface area (TPSA) is 9.23 Å². The van der Waals surface area contributed by atoms with Gasteiger partial charge < -0.3 is 4.74 Å². The zero-order valence-electron chi connectivity index (χ0n) is 18.5. The highest BCUT2D eigenvalue weighted by Crippen LogP contribution is 2.49. The molecule has 0 spiro atoms. The molecule has 144 valence electrons. The first-order chi connectivity index (χ1) is 11.7. The molecule has 1 heteroatoms. The van der Waals surface area contributed by atoms with E-state index in [0.29, 0.717) is 11.8 Å². The van der Waals surface area contributed by atoms with E-state index >= 15 is 0 Å². The first-order valence-electron chi connectivity index (χ1n) is 9.92. The van der Waals surface area contributed by atoms with Crippen molar-refractivity contribution in [1.82, 2.24) is 0 Å². The van der Waals surface area contributed by atoms with Crippen molar-refractivity contribution in [1.29, 1.82) is 0 Å². The molecule has 2 atom stereocenters. The molecule has 26 heavy (non-hydrogen) atoms. The number of benzene rings is 2. The minimum Gasteiger partial charge on any atom is -0.488 e. The maximum Gasteiger partial charge on any atom is 0.127 e. The van der Waals surface area contributed by atoms with Gasteiger partial charge in [-0.1, -0.05) is 78.8 Å². The lowest BCUT2D eigenvalue weighted by atomic mass is 9.62. The van der Waals surface area contributed by atoms with E-state index in [9.17, 15) is 0 Å². The molecule has 2 rings (SSSR count). The monoisotopic (exact) mass is 354 g/mol. The molecule has 0 radical (unpaired) electrons. The molecular formula is C25H38O. The summed E-state index contributed by atoms with van der Waals surface area (Å²) in [6, 6.07) is 13.2. The Hall–Kier alpha value is -1.50. The van der Waals surface area contributed by atoms with Gasteiger partial charge in [0.15, 0.2) is 0 Å². The number of rotatable bonds is 3. The standard InChI is InChI=1S/C25H38O/c1-17(23(2,3)4)22(24(5,6)7)20-15-11-14-19-18(20)13-12-16-21(19)26-25(8,9)10/h11-17,22H,1-10H3. The average molecular weight is 355 g/mol. The predicted molar refractivity (Wildman–Crippen MR) is 115 cm³/mol. The summed E-state index contributed by atoms with van der Waals surface area (Å²) in [4.78, 5) is 0. The third-order valence-electron chi connectivity index (χ3n) is 5.47. The van der Waals surface area contributed by atoms with E-state index in [0.717, 1.165) is 5.75 Å². The zero-order chi connectivity index (χ0) is 19.9. The summed E-state index contributed by atoms with van der Waals surface area (Å²) >= 11 is 0. The van der Waals surface area contributed by atoms with Gasteiger partial charge in [-0.3, -0.25) is 0 Å². The van der Waals surface area contributed by atoms with Crippen LogP contribution in [-0.4, -0.2) is 5.60 Å². The number of hydrogen-bond acceptors (Lipinski definition) is 1. The van der Waals surface area contributed by atoms with Crippen LogP contribution in [0.3, 0.4) is 0 Å². The minimum atomic E-state index is -0.202. The summed E-state index contributed by atoms with van der Waals surface area (Å²) in [6.07, 6.45) is 0. The predicted octanol–water partition coefficient (Wildman–Crippen LogP) is 7.83. The molecule has 0 fully saturated rings. The molecule has 0 amide bonds. The third kappa shape index (κ3) is 4.61. The van der Waals surface area contributed by atoms with Gasteiger partial charge >= 0.3 is 0 Å². The van der Waals surface area contributed by atoms with Gasteiger partial charge in [-0.2, -0.15) is 0 Å². The second-order valence-electron chi connectivity index (χ2n) is 10.9. The fourth-order valence-electron chi connectivity index (χ4n) is 3.98. The van der Waals surface area contributed by atoms with E-state index in [1.807, 2.05) is 0 Å². The van der Waals surface area contributed by atoms with Crippen molar-refractivity contribution in [3.8, 4) is 5.75 Å². The number of ether oxygens (including phenoxy) is 1. The van der Waals surface area contributed by atoms with Crippen molar-refractivity contribution < 1.29 is 4.74 Å². The summed E-state index contributed by atoms with van der Waals surface area (Å²) in [7, 11) is 0. The number of hydrogen-bond donors (Lipinski definition) is 0. The van der Waals surface area contributed by atoms with Gasteiger partial charge in [0.05, 0.1) is 0 Å². The van der Waals surface area contributed by atoms with Crippen LogP contribution < -0.4 is 4.74 Å². The molecule has 1 nitrogen and oxygen atoms in total. The van der Waals surface area contributed by atoms with Crippen molar-refractivity contribution in [2.75, 3.05) is 0 Å². The Morgan fingerprint density at radius 3 is 1.73 bits per heavy atom. The van der Waals surface area contributed by atoms with Crippen molar-refractivity contribution in [2.45, 2.75) is 80.8 Å². The highest BCUT2D eigenvalue weighted by Gasteiger charge is 2.37. The first kappa shape index (κ1) is 20.8. The van der Waals surface area contributed by atoms with Gasteiger partial charge in [0.1, 0.15) is 11.4 Å². The quantitative estimate of drug-likeness (QED) is 0.545. The molecule has 0 aliphatic rings. The van der Waals surface area contributed by atoms with Crippen molar-refractivity contribution >= 4 is 10.8 Å².